The molecule has 0 unspecified atom stereocenters. The highest BCUT2D eigenvalue weighted by Gasteiger charge is 2.33. The average Bonchev–Trinajstić information content (AvgIpc) is 3.35. The number of amides is 1. The van der Waals surface area contributed by atoms with Crippen molar-refractivity contribution in [2.24, 2.45) is 0 Å². The highest BCUT2D eigenvalue weighted by molar-refractivity contribution is 5.81. The van der Waals surface area contributed by atoms with Crippen LogP contribution in [-0.4, -0.2) is 52.0 Å². The average molecular weight is 330 g/mol. The number of piperidine rings is 1. The third-order valence-electron chi connectivity index (χ3n) is 4.91. The number of H-pyrrole nitrogens is 1. The van der Waals surface area contributed by atoms with Crippen LogP contribution in [0.2, 0.25) is 0 Å². The van der Waals surface area contributed by atoms with Crippen LogP contribution in [0.15, 0.2) is 16.8 Å². The van der Waals surface area contributed by atoms with Gasteiger partial charge in [0.25, 0.3) is 5.91 Å². The van der Waals surface area contributed by atoms with Crippen LogP contribution in [0.25, 0.3) is 11.3 Å². The largest absolute Gasteiger partial charge is 0.368 e. The first kappa shape index (κ1) is 15.4. The summed E-state index contributed by atoms with van der Waals surface area (Å²) in [5.74, 6) is 1.08. The second-order valence-corrected chi connectivity index (χ2v) is 6.65. The first-order chi connectivity index (χ1) is 11.7. The molecule has 1 amide bonds. The maximum Gasteiger partial charge on any atom is 0.251 e. The van der Waals surface area contributed by atoms with Gasteiger partial charge in [-0.25, -0.2) is 0 Å². The molecule has 0 aromatic carbocycles. The number of nitrogens with one attached hydrogen (secondary N) is 1. The van der Waals surface area contributed by atoms with Crippen LogP contribution >= 0.6 is 0 Å². The molecule has 128 valence electrons. The first-order valence-electron chi connectivity index (χ1n) is 8.59. The molecule has 0 saturated carbocycles. The van der Waals surface area contributed by atoms with Crippen LogP contribution in [0.3, 0.4) is 0 Å². The van der Waals surface area contributed by atoms with E-state index in [1.165, 1.54) is 0 Å². The van der Waals surface area contributed by atoms with E-state index in [2.05, 4.69) is 15.4 Å². The van der Waals surface area contributed by atoms with Crippen molar-refractivity contribution in [1.82, 2.24) is 20.3 Å². The molecule has 7 nitrogen and oxygen atoms in total. The van der Waals surface area contributed by atoms with E-state index in [0.29, 0.717) is 13.2 Å². The lowest BCUT2D eigenvalue weighted by Crippen LogP contribution is -2.44. The van der Waals surface area contributed by atoms with Gasteiger partial charge in [0.2, 0.25) is 0 Å². The van der Waals surface area contributed by atoms with E-state index in [4.69, 9.17) is 9.26 Å². The van der Waals surface area contributed by atoms with Crippen LogP contribution in [0, 0.1) is 6.92 Å². The number of ether oxygens (including phenoxy) is 1. The Morgan fingerprint density at radius 1 is 1.38 bits per heavy atom. The van der Waals surface area contributed by atoms with Crippen molar-refractivity contribution in [1.29, 1.82) is 0 Å². The van der Waals surface area contributed by atoms with E-state index in [0.717, 1.165) is 54.9 Å². The second kappa shape index (κ2) is 6.39. The summed E-state index contributed by atoms with van der Waals surface area (Å²) in [7, 11) is 0. The summed E-state index contributed by atoms with van der Waals surface area (Å²) in [5.41, 5.74) is 2.80. The van der Waals surface area contributed by atoms with Gasteiger partial charge in [-0.15, -0.1) is 0 Å². The Morgan fingerprint density at radius 2 is 2.29 bits per heavy atom. The molecule has 2 saturated heterocycles. The zero-order chi connectivity index (χ0) is 16.5. The Morgan fingerprint density at radius 3 is 3.04 bits per heavy atom. The molecular weight excluding hydrogens is 308 g/mol. The maximum absolute atomic E-state index is 12.6. The topological polar surface area (TPSA) is 84.2 Å². The molecular formula is C17H22N4O3. The number of likely N-dealkylation sites (tertiary alicyclic amines) is 1. The highest BCUT2D eigenvalue weighted by atomic mass is 16.5. The Bertz CT molecular complexity index is 717. The molecule has 0 spiro atoms. The number of hydrogen-bond donors (Lipinski definition) is 1. The molecule has 4 rings (SSSR count). The van der Waals surface area contributed by atoms with Gasteiger partial charge in [-0.2, -0.15) is 5.10 Å². The molecule has 0 aliphatic carbocycles. The van der Waals surface area contributed by atoms with E-state index >= 15 is 0 Å². The molecule has 2 atom stereocenters. The van der Waals surface area contributed by atoms with Gasteiger partial charge in [0.15, 0.2) is 5.76 Å². The minimum Gasteiger partial charge on any atom is -0.368 e. The summed E-state index contributed by atoms with van der Waals surface area (Å²) >= 11 is 0. The molecule has 7 heteroatoms. The molecule has 2 aromatic rings. The standard InChI is InChI=1S/C17H22N4O3/c1-11-8-15(24-20-11)13-9-18-19-16(13)12-4-2-6-21(10-12)17(22)14-5-3-7-23-14/h8-9,12,14H,2-7,10H2,1H3,(H,18,19)/t12-,14+/m0/s1. The Kier molecular flexibility index (Phi) is 4.10. The minimum absolute atomic E-state index is 0.133. The number of carbonyl (C=O) groups is 1. The van der Waals surface area contributed by atoms with Crippen LogP contribution < -0.4 is 0 Å². The molecule has 2 fully saturated rings. The number of aryl methyl sites for hydroxylation is 1. The smallest absolute Gasteiger partial charge is 0.251 e. The SMILES string of the molecule is Cc1cc(-c2cn[nH]c2[C@H]2CCCN(C(=O)[C@H]3CCCO3)C2)on1. The second-order valence-electron chi connectivity index (χ2n) is 6.65. The van der Waals surface area contributed by atoms with Gasteiger partial charge in [-0.3, -0.25) is 9.89 Å². The predicted octanol–water partition coefficient (Wildman–Crippen LogP) is 2.26. The number of nitrogens with zero attached hydrogens (tertiary/aromatic N) is 3. The van der Waals surface area contributed by atoms with Crippen LogP contribution in [0.1, 0.15) is 43.0 Å². The number of hydrogen-bond acceptors (Lipinski definition) is 5. The predicted molar refractivity (Wildman–Crippen MR) is 86.4 cm³/mol. The lowest BCUT2D eigenvalue weighted by atomic mass is 9.91. The zero-order valence-corrected chi connectivity index (χ0v) is 13.8. The Balaban J connectivity index is 1.52. The van der Waals surface area contributed by atoms with Crippen molar-refractivity contribution >= 4 is 5.91 Å². The van der Waals surface area contributed by atoms with Crippen LogP contribution in [0.5, 0.6) is 0 Å². The minimum atomic E-state index is -0.248. The van der Waals surface area contributed by atoms with E-state index in [1.807, 2.05) is 17.9 Å². The van der Waals surface area contributed by atoms with Gasteiger partial charge in [-0.1, -0.05) is 5.16 Å². The third-order valence-corrected chi connectivity index (χ3v) is 4.91. The molecule has 0 radical (unpaired) electrons. The summed E-state index contributed by atoms with van der Waals surface area (Å²) in [6.45, 7) is 4.10. The Labute approximate surface area is 140 Å². The first-order valence-corrected chi connectivity index (χ1v) is 8.59. The van der Waals surface area contributed by atoms with Crippen LogP contribution in [0.4, 0.5) is 0 Å². The fourth-order valence-electron chi connectivity index (χ4n) is 3.68. The van der Waals surface area contributed by atoms with Gasteiger partial charge in [0, 0.05) is 31.7 Å². The molecule has 1 N–H and O–H groups in total. The summed E-state index contributed by atoms with van der Waals surface area (Å²) in [6.07, 6.45) is 5.35. The van der Waals surface area contributed by atoms with Crippen molar-refractivity contribution in [3.8, 4) is 11.3 Å². The molecule has 0 bridgehead atoms. The van der Waals surface area contributed by atoms with Crippen molar-refractivity contribution < 1.29 is 14.1 Å². The van der Waals surface area contributed by atoms with E-state index < -0.39 is 0 Å². The molecule has 2 aliphatic heterocycles. The number of aromatic nitrogens is 3. The van der Waals surface area contributed by atoms with E-state index in [1.54, 1.807) is 6.20 Å². The fraction of sp³-hybridized carbons (Fsp3) is 0.588. The van der Waals surface area contributed by atoms with Gasteiger partial charge in [0.05, 0.1) is 23.1 Å². The molecule has 2 aliphatic rings. The van der Waals surface area contributed by atoms with Crippen LogP contribution in [-0.2, 0) is 9.53 Å². The van der Waals surface area contributed by atoms with Crippen molar-refractivity contribution in [2.45, 2.75) is 44.6 Å². The zero-order valence-electron chi connectivity index (χ0n) is 13.8. The maximum atomic E-state index is 12.6. The summed E-state index contributed by atoms with van der Waals surface area (Å²) in [6, 6.07) is 1.91. The third kappa shape index (κ3) is 2.84. The summed E-state index contributed by atoms with van der Waals surface area (Å²) in [5, 5.41) is 11.3. The summed E-state index contributed by atoms with van der Waals surface area (Å²) < 4.78 is 10.9. The van der Waals surface area contributed by atoms with Crippen molar-refractivity contribution in [2.75, 3.05) is 19.7 Å². The van der Waals surface area contributed by atoms with Gasteiger partial charge < -0.3 is 14.2 Å². The number of carbonyl (C=O) groups excluding carboxylic acids is 1. The van der Waals surface area contributed by atoms with Gasteiger partial charge in [-0.05, 0) is 32.6 Å². The van der Waals surface area contributed by atoms with Gasteiger partial charge in [0.1, 0.15) is 6.10 Å². The number of aromatic amines is 1. The van der Waals surface area contributed by atoms with E-state index in [-0.39, 0.29) is 17.9 Å². The summed E-state index contributed by atoms with van der Waals surface area (Å²) in [4.78, 5) is 14.6. The highest BCUT2D eigenvalue weighted by Crippen LogP contribution is 2.33. The molecule has 2 aromatic heterocycles. The van der Waals surface area contributed by atoms with Gasteiger partial charge >= 0.3 is 0 Å². The Hall–Kier alpha value is -2.15. The van der Waals surface area contributed by atoms with Crippen molar-refractivity contribution in [3.05, 3.63) is 23.7 Å². The lowest BCUT2D eigenvalue weighted by molar-refractivity contribution is -0.142. The number of rotatable bonds is 3. The quantitative estimate of drug-likeness (QED) is 0.933. The monoisotopic (exact) mass is 330 g/mol. The normalized spacial score (nSPS) is 24.5. The molecule has 24 heavy (non-hydrogen) atoms. The van der Waals surface area contributed by atoms with E-state index in [9.17, 15) is 4.79 Å². The lowest BCUT2D eigenvalue weighted by Gasteiger charge is -2.33. The fourth-order valence-corrected chi connectivity index (χ4v) is 3.68. The molecule has 4 heterocycles. The van der Waals surface area contributed by atoms with Crippen molar-refractivity contribution in [3.63, 3.8) is 0 Å².